The van der Waals surface area contributed by atoms with Crippen molar-refractivity contribution in [1.82, 2.24) is 10.3 Å². The van der Waals surface area contributed by atoms with Crippen molar-refractivity contribution < 1.29 is 23.7 Å². The van der Waals surface area contributed by atoms with Crippen LogP contribution in [0.25, 0.3) is 0 Å². The largest absolute Gasteiger partial charge is 0.482 e. The highest BCUT2D eigenvalue weighted by Crippen LogP contribution is 2.28. The van der Waals surface area contributed by atoms with Crippen molar-refractivity contribution >= 4 is 78.5 Å². The topological polar surface area (TPSA) is 116 Å². The fourth-order valence-corrected chi connectivity index (χ4v) is 3.62. The van der Waals surface area contributed by atoms with Gasteiger partial charge in [-0.05, 0) is 46.7 Å². The Bertz CT molecular complexity index is 1030. The van der Waals surface area contributed by atoms with Crippen LogP contribution in [-0.4, -0.2) is 35.3 Å². The number of amides is 2. The molecule has 0 spiro atoms. The number of anilines is 2. The van der Waals surface area contributed by atoms with E-state index in [9.17, 15) is 9.59 Å². The van der Waals surface area contributed by atoms with Gasteiger partial charge in [-0.2, -0.15) is 0 Å². The number of halogens is 4. The number of ether oxygens (including phenoxy) is 2. The van der Waals surface area contributed by atoms with E-state index >= 15 is 0 Å². The van der Waals surface area contributed by atoms with Crippen molar-refractivity contribution in [1.29, 1.82) is 0 Å². The molecule has 0 unspecified atom stereocenters. The van der Waals surface area contributed by atoms with Crippen LogP contribution >= 0.6 is 55.1 Å². The fraction of sp³-hybridized carbons (Fsp3) is 0.111. The summed E-state index contributed by atoms with van der Waals surface area (Å²) in [5, 5.41) is 12.6. The van der Waals surface area contributed by atoms with Crippen LogP contribution in [0.15, 0.2) is 50.0 Å². The summed E-state index contributed by atoms with van der Waals surface area (Å²) in [6, 6.07) is 9.93. The second-order valence-corrected chi connectivity index (χ2v) is 8.43. The van der Waals surface area contributed by atoms with Crippen LogP contribution < -0.4 is 20.1 Å². The zero-order chi connectivity index (χ0) is 22.4. The molecule has 1 aromatic heterocycles. The maximum absolute atomic E-state index is 12.1. The van der Waals surface area contributed by atoms with Crippen LogP contribution in [0, 0.1) is 0 Å². The average molecular weight is 595 g/mol. The third kappa shape index (κ3) is 6.82. The molecule has 3 rings (SSSR count). The molecular formula is C18H12Br2Cl2N4O5. The van der Waals surface area contributed by atoms with Gasteiger partial charge in [-0.1, -0.05) is 55.1 Å². The molecule has 0 aliphatic heterocycles. The lowest BCUT2D eigenvalue weighted by Gasteiger charge is -2.09. The van der Waals surface area contributed by atoms with E-state index in [1.165, 1.54) is 0 Å². The molecule has 0 saturated carbocycles. The lowest BCUT2D eigenvalue weighted by Crippen LogP contribution is -2.24. The molecule has 0 saturated heterocycles. The zero-order valence-electron chi connectivity index (χ0n) is 15.3. The van der Waals surface area contributed by atoms with E-state index in [0.29, 0.717) is 21.5 Å². The molecule has 9 nitrogen and oxygen atoms in total. The number of nitrogens with one attached hydrogen (secondary N) is 2. The lowest BCUT2D eigenvalue weighted by atomic mass is 10.3. The Hall–Kier alpha value is -2.34. The molecule has 0 atom stereocenters. The summed E-state index contributed by atoms with van der Waals surface area (Å²) < 4.78 is 16.8. The van der Waals surface area contributed by atoms with Gasteiger partial charge in [0.1, 0.15) is 11.5 Å². The second-order valence-electron chi connectivity index (χ2n) is 5.78. The third-order valence-electron chi connectivity index (χ3n) is 3.51. The molecule has 2 aromatic carbocycles. The minimum atomic E-state index is -0.567. The van der Waals surface area contributed by atoms with Gasteiger partial charge in [0.15, 0.2) is 13.2 Å². The summed E-state index contributed by atoms with van der Waals surface area (Å²) in [4.78, 5) is 24.2. The van der Waals surface area contributed by atoms with Gasteiger partial charge in [-0.3, -0.25) is 9.59 Å². The second kappa shape index (κ2) is 10.8. The SMILES string of the molecule is O=C(COc1ccc(Br)cc1Cl)Nc1nonc1NC(=O)COc1ccc(Br)cc1Cl. The van der Waals surface area contributed by atoms with E-state index in [2.05, 4.69) is 57.4 Å². The number of hydrogen-bond acceptors (Lipinski definition) is 7. The van der Waals surface area contributed by atoms with E-state index in [4.69, 9.17) is 32.7 Å². The standard InChI is InChI=1S/C18H12Br2Cl2N4O5/c19-9-1-3-13(11(21)5-9)29-7-15(27)23-17-18(26-31-25-17)24-16(28)8-30-14-4-2-10(20)6-12(14)22/h1-6H,7-8H2,(H,23,25,27)(H,24,26,28). The summed E-state index contributed by atoms with van der Waals surface area (Å²) in [7, 11) is 0. The predicted molar refractivity (Wildman–Crippen MR) is 121 cm³/mol. The summed E-state index contributed by atoms with van der Waals surface area (Å²) in [5.74, 6) is -0.659. The summed E-state index contributed by atoms with van der Waals surface area (Å²) in [5.41, 5.74) is 0. The zero-order valence-corrected chi connectivity index (χ0v) is 20.0. The Morgan fingerprint density at radius 3 is 1.65 bits per heavy atom. The number of aromatic nitrogens is 2. The summed E-state index contributed by atoms with van der Waals surface area (Å²) in [6.07, 6.45) is 0. The van der Waals surface area contributed by atoms with Crippen molar-refractivity contribution in [2.75, 3.05) is 23.8 Å². The van der Waals surface area contributed by atoms with Crippen molar-refractivity contribution in [3.63, 3.8) is 0 Å². The van der Waals surface area contributed by atoms with Crippen LogP contribution in [0.1, 0.15) is 0 Å². The molecule has 2 amide bonds. The fourth-order valence-electron chi connectivity index (χ4n) is 2.16. The lowest BCUT2D eigenvalue weighted by molar-refractivity contribution is -0.119. The highest BCUT2D eigenvalue weighted by atomic mass is 79.9. The third-order valence-corrected chi connectivity index (χ3v) is 5.09. The first-order valence-electron chi connectivity index (χ1n) is 8.40. The minimum absolute atomic E-state index is 0.0921. The molecule has 0 bridgehead atoms. The molecular weight excluding hydrogens is 583 g/mol. The molecule has 0 radical (unpaired) electrons. The Kier molecular flexibility index (Phi) is 8.13. The molecule has 0 aliphatic rings. The molecule has 2 N–H and O–H groups in total. The Labute approximate surface area is 202 Å². The molecule has 0 fully saturated rings. The van der Waals surface area contributed by atoms with Crippen molar-refractivity contribution in [3.8, 4) is 11.5 Å². The summed E-state index contributed by atoms with van der Waals surface area (Å²) in [6.45, 7) is -0.709. The van der Waals surface area contributed by atoms with E-state index in [-0.39, 0.29) is 24.8 Å². The quantitative estimate of drug-likeness (QED) is 0.380. The maximum atomic E-state index is 12.1. The number of rotatable bonds is 8. The molecule has 162 valence electrons. The van der Waals surface area contributed by atoms with E-state index in [0.717, 1.165) is 8.95 Å². The molecule has 13 heteroatoms. The van der Waals surface area contributed by atoms with Crippen LogP contribution in [-0.2, 0) is 9.59 Å². The predicted octanol–water partition coefficient (Wildman–Crippen LogP) is 4.94. The number of carbonyl (C=O) groups is 2. The Morgan fingerprint density at radius 1 is 0.839 bits per heavy atom. The van der Waals surface area contributed by atoms with Crippen molar-refractivity contribution in [2.45, 2.75) is 0 Å². The van der Waals surface area contributed by atoms with E-state index in [1.807, 2.05) is 0 Å². The number of nitrogens with zero attached hydrogens (tertiary/aromatic N) is 2. The van der Waals surface area contributed by atoms with Crippen molar-refractivity contribution in [2.24, 2.45) is 0 Å². The van der Waals surface area contributed by atoms with Crippen LogP contribution in [0.5, 0.6) is 11.5 Å². The van der Waals surface area contributed by atoms with Crippen LogP contribution in [0.3, 0.4) is 0 Å². The highest BCUT2D eigenvalue weighted by molar-refractivity contribution is 9.10. The van der Waals surface area contributed by atoms with Gasteiger partial charge in [0.05, 0.1) is 10.0 Å². The number of hydrogen-bond donors (Lipinski definition) is 2. The molecule has 1 heterocycles. The normalized spacial score (nSPS) is 10.5. The van der Waals surface area contributed by atoms with Gasteiger partial charge in [0.25, 0.3) is 11.8 Å². The van der Waals surface area contributed by atoms with Crippen LogP contribution in [0.4, 0.5) is 11.6 Å². The van der Waals surface area contributed by atoms with Gasteiger partial charge >= 0.3 is 0 Å². The Morgan fingerprint density at radius 2 is 1.26 bits per heavy atom. The van der Waals surface area contributed by atoms with Gasteiger partial charge in [0.2, 0.25) is 11.6 Å². The molecule has 31 heavy (non-hydrogen) atoms. The first-order chi connectivity index (χ1) is 14.8. The average Bonchev–Trinajstić information content (AvgIpc) is 3.13. The smallest absolute Gasteiger partial charge is 0.263 e. The molecule has 0 aliphatic carbocycles. The maximum Gasteiger partial charge on any atom is 0.263 e. The van der Waals surface area contributed by atoms with Gasteiger partial charge in [0, 0.05) is 8.95 Å². The van der Waals surface area contributed by atoms with E-state index in [1.54, 1.807) is 36.4 Å². The van der Waals surface area contributed by atoms with Gasteiger partial charge in [-0.15, -0.1) is 0 Å². The summed E-state index contributed by atoms with van der Waals surface area (Å²) >= 11 is 18.6. The van der Waals surface area contributed by atoms with Gasteiger partial charge in [-0.25, -0.2) is 4.63 Å². The monoisotopic (exact) mass is 592 g/mol. The first kappa shape index (κ1) is 23.3. The minimum Gasteiger partial charge on any atom is -0.482 e. The van der Waals surface area contributed by atoms with Gasteiger partial charge < -0.3 is 20.1 Å². The molecule has 3 aromatic rings. The Balaban J connectivity index is 1.51. The van der Waals surface area contributed by atoms with Crippen LogP contribution in [0.2, 0.25) is 10.0 Å². The number of benzene rings is 2. The highest BCUT2D eigenvalue weighted by Gasteiger charge is 2.17. The van der Waals surface area contributed by atoms with E-state index < -0.39 is 11.8 Å². The first-order valence-corrected chi connectivity index (χ1v) is 10.7. The number of carbonyl (C=O) groups excluding carboxylic acids is 2. The van der Waals surface area contributed by atoms with Crippen molar-refractivity contribution in [3.05, 3.63) is 55.4 Å².